The Bertz CT molecular complexity index is 570. The molecule has 2 heterocycles. The van der Waals surface area contributed by atoms with Crippen molar-refractivity contribution in [1.82, 2.24) is 15.0 Å². The van der Waals surface area contributed by atoms with E-state index in [1.807, 2.05) is 24.4 Å². The average molecular weight is 277 g/mol. The molecule has 1 amide bonds. The lowest BCUT2D eigenvalue weighted by molar-refractivity contribution is -0.114. The summed E-state index contributed by atoms with van der Waals surface area (Å²) in [7, 11) is 0. The normalized spacial score (nSPS) is 11.9. The van der Waals surface area contributed by atoms with Crippen molar-refractivity contribution in [2.45, 2.75) is 26.8 Å². The molecule has 0 aromatic carbocycles. The molecular weight excluding hydrogens is 262 g/mol. The standard InChI is InChI=1S/C12H15N5OS/c1-7(10-5-4-6-19-10)13-11-14-8(2)15-12(17-11)16-9(3)18/h4-7H,1-3H3,(H2,13,14,15,16,17,18). The minimum absolute atomic E-state index is 0.104. The van der Waals surface area contributed by atoms with Crippen LogP contribution in [-0.2, 0) is 4.79 Å². The molecule has 0 saturated carbocycles. The van der Waals surface area contributed by atoms with Crippen LogP contribution in [0.1, 0.15) is 30.6 Å². The first-order valence-electron chi connectivity index (χ1n) is 5.85. The first-order chi connectivity index (χ1) is 9.04. The Morgan fingerprint density at radius 2 is 2.05 bits per heavy atom. The monoisotopic (exact) mass is 277 g/mol. The zero-order valence-electron chi connectivity index (χ0n) is 11.0. The van der Waals surface area contributed by atoms with Gasteiger partial charge in [-0.1, -0.05) is 6.07 Å². The van der Waals surface area contributed by atoms with Gasteiger partial charge in [0.05, 0.1) is 6.04 Å². The summed E-state index contributed by atoms with van der Waals surface area (Å²) in [5, 5.41) is 7.77. The van der Waals surface area contributed by atoms with Gasteiger partial charge >= 0.3 is 0 Å². The third kappa shape index (κ3) is 3.72. The summed E-state index contributed by atoms with van der Waals surface area (Å²) in [6.45, 7) is 5.21. The predicted octanol–water partition coefficient (Wildman–Crippen LogP) is 2.37. The molecule has 2 N–H and O–H groups in total. The van der Waals surface area contributed by atoms with E-state index >= 15 is 0 Å². The van der Waals surface area contributed by atoms with Gasteiger partial charge in [-0.2, -0.15) is 15.0 Å². The Kier molecular flexibility index (Phi) is 4.06. The van der Waals surface area contributed by atoms with Gasteiger partial charge < -0.3 is 5.32 Å². The minimum atomic E-state index is -0.206. The van der Waals surface area contributed by atoms with Crippen LogP contribution >= 0.6 is 11.3 Å². The highest BCUT2D eigenvalue weighted by Gasteiger charge is 2.10. The second-order valence-electron chi connectivity index (χ2n) is 4.09. The van der Waals surface area contributed by atoms with Crippen molar-refractivity contribution < 1.29 is 4.79 Å². The summed E-state index contributed by atoms with van der Waals surface area (Å²) in [5.74, 6) is 1.07. The fraction of sp³-hybridized carbons (Fsp3) is 0.333. The average Bonchev–Trinajstić information content (AvgIpc) is 2.79. The highest BCUT2D eigenvalue weighted by atomic mass is 32.1. The van der Waals surface area contributed by atoms with Gasteiger partial charge in [-0.05, 0) is 25.3 Å². The van der Waals surface area contributed by atoms with Gasteiger partial charge in [0.1, 0.15) is 5.82 Å². The van der Waals surface area contributed by atoms with Crippen LogP contribution in [0.5, 0.6) is 0 Å². The van der Waals surface area contributed by atoms with Gasteiger partial charge in [0, 0.05) is 11.8 Å². The molecule has 1 unspecified atom stereocenters. The largest absolute Gasteiger partial charge is 0.347 e. The maximum Gasteiger partial charge on any atom is 0.234 e. The number of carbonyl (C=O) groups excluding carboxylic acids is 1. The van der Waals surface area contributed by atoms with Gasteiger partial charge in [0.2, 0.25) is 17.8 Å². The Morgan fingerprint density at radius 1 is 1.32 bits per heavy atom. The summed E-state index contributed by atoms with van der Waals surface area (Å²) in [4.78, 5) is 24.6. The molecule has 2 aromatic rings. The summed E-state index contributed by atoms with van der Waals surface area (Å²) in [6, 6.07) is 4.15. The number of aromatic nitrogens is 3. The number of anilines is 2. The van der Waals surface area contributed by atoms with Gasteiger partial charge in [0.25, 0.3) is 0 Å². The van der Waals surface area contributed by atoms with Crippen LogP contribution in [-0.4, -0.2) is 20.9 Å². The number of aryl methyl sites for hydroxylation is 1. The molecule has 0 bridgehead atoms. The highest BCUT2D eigenvalue weighted by Crippen LogP contribution is 2.21. The van der Waals surface area contributed by atoms with Crippen molar-refractivity contribution in [3.05, 3.63) is 28.2 Å². The van der Waals surface area contributed by atoms with E-state index in [9.17, 15) is 4.79 Å². The van der Waals surface area contributed by atoms with Gasteiger partial charge in [-0.3, -0.25) is 10.1 Å². The molecule has 0 spiro atoms. The topological polar surface area (TPSA) is 79.8 Å². The van der Waals surface area contributed by atoms with Crippen molar-refractivity contribution in [2.75, 3.05) is 10.6 Å². The molecule has 100 valence electrons. The predicted molar refractivity (Wildman–Crippen MR) is 75.2 cm³/mol. The van der Waals surface area contributed by atoms with Crippen molar-refractivity contribution in [3.63, 3.8) is 0 Å². The van der Waals surface area contributed by atoms with E-state index in [0.29, 0.717) is 11.8 Å². The van der Waals surface area contributed by atoms with Crippen molar-refractivity contribution in [3.8, 4) is 0 Å². The Balaban J connectivity index is 2.15. The molecule has 0 aliphatic heterocycles. The molecule has 0 radical (unpaired) electrons. The number of amides is 1. The van der Waals surface area contributed by atoms with Crippen molar-refractivity contribution >= 4 is 29.1 Å². The van der Waals surface area contributed by atoms with Crippen LogP contribution in [0.15, 0.2) is 17.5 Å². The fourth-order valence-electron chi connectivity index (χ4n) is 1.56. The molecule has 0 fully saturated rings. The summed E-state index contributed by atoms with van der Waals surface area (Å²) in [5.41, 5.74) is 0. The molecule has 0 aliphatic carbocycles. The molecule has 6 nitrogen and oxygen atoms in total. The zero-order valence-corrected chi connectivity index (χ0v) is 11.8. The molecule has 7 heteroatoms. The second-order valence-corrected chi connectivity index (χ2v) is 5.07. The molecule has 0 aliphatic rings. The second kappa shape index (κ2) is 5.75. The van der Waals surface area contributed by atoms with Crippen LogP contribution in [0.4, 0.5) is 11.9 Å². The van der Waals surface area contributed by atoms with Crippen molar-refractivity contribution in [2.24, 2.45) is 0 Å². The fourth-order valence-corrected chi connectivity index (χ4v) is 2.30. The number of rotatable bonds is 4. The van der Waals surface area contributed by atoms with E-state index < -0.39 is 0 Å². The number of nitrogens with zero attached hydrogens (tertiary/aromatic N) is 3. The maximum atomic E-state index is 11.0. The van der Waals surface area contributed by atoms with Crippen LogP contribution in [0.25, 0.3) is 0 Å². The lowest BCUT2D eigenvalue weighted by atomic mass is 10.3. The third-order valence-corrected chi connectivity index (χ3v) is 3.41. The number of hydrogen-bond donors (Lipinski definition) is 2. The Morgan fingerprint density at radius 3 is 2.68 bits per heavy atom. The quantitative estimate of drug-likeness (QED) is 0.897. The van der Waals surface area contributed by atoms with Crippen LogP contribution in [0.2, 0.25) is 0 Å². The van der Waals surface area contributed by atoms with E-state index in [1.54, 1.807) is 18.3 Å². The van der Waals surface area contributed by atoms with Gasteiger partial charge in [0.15, 0.2) is 0 Å². The summed E-state index contributed by atoms with van der Waals surface area (Å²) in [6.07, 6.45) is 0. The van der Waals surface area contributed by atoms with E-state index in [1.165, 1.54) is 11.8 Å². The van der Waals surface area contributed by atoms with Gasteiger partial charge in [-0.15, -0.1) is 11.3 Å². The molecular formula is C12H15N5OS. The van der Waals surface area contributed by atoms with Crippen LogP contribution in [0, 0.1) is 6.92 Å². The Labute approximate surface area is 115 Å². The molecule has 2 rings (SSSR count). The molecule has 1 atom stereocenters. The molecule has 0 saturated heterocycles. The van der Waals surface area contributed by atoms with E-state index in [2.05, 4.69) is 25.6 Å². The first-order valence-corrected chi connectivity index (χ1v) is 6.73. The number of carbonyl (C=O) groups is 1. The minimum Gasteiger partial charge on any atom is -0.347 e. The van der Waals surface area contributed by atoms with E-state index in [4.69, 9.17) is 0 Å². The first kappa shape index (κ1) is 13.4. The third-order valence-electron chi connectivity index (χ3n) is 2.35. The Hall–Kier alpha value is -2.02. The molecule has 2 aromatic heterocycles. The number of hydrogen-bond acceptors (Lipinski definition) is 6. The number of thiophene rings is 1. The lowest BCUT2D eigenvalue weighted by Crippen LogP contribution is -2.14. The van der Waals surface area contributed by atoms with E-state index in [0.717, 1.165) is 0 Å². The lowest BCUT2D eigenvalue weighted by Gasteiger charge is -2.13. The van der Waals surface area contributed by atoms with Crippen molar-refractivity contribution in [1.29, 1.82) is 0 Å². The smallest absolute Gasteiger partial charge is 0.234 e. The van der Waals surface area contributed by atoms with Gasteiger partial charge in [-0.25, -0.2) is 0 Å². The molecule has 19 heavy (non-hydrogen) atoms. The number of nitrogens with one attached hydrogen (secondary N) is 2. The summed E-state index contributed by atoms with van der Waals surface area (Å²) >= 11 is 1.67. The SMILES string of the molecule is CC(=O)Nc1nc(C)nc(NC(C)c2cccs2)n1. The zero-order chi connectivity index (χ0) is 13.8. The summed E-state index contributed by atoms with van der Waals surface area (Å²) < 4.78 is 0. The van der Waals surface area contributed by atoms with E-state index in [-0.39, 0.29) is 17.9 Å². The highest BCUT2D eigenvalue weighted by molar-refractivity contribution is 7.10. The maximum absolute atomic E-state index is 11.0. The van der Waals surface area contributed by atoms with Crippen LogP contribution < -0.4 is 10.6 Å². The van der Waals surface area contributed by atoms with Crippen LogP contribution in [0.3, 0.4) is 0 Å².